The smallest absolute Gasteiger partial charge is 0.256 e. The average molecular weight is 395 g/mol. The lowest BCUT2D eigenvalue weighted by molar-refractivity contribution is 0.0303. The summed E-state index contributed by atoms with van der Waals surface area (Å²) in [6.45, 7) is 6.94. The zero-order valence-corrected chi connectivity index (χ0v) is 16.8. The van der Waals surface area contributed by atoms with Crippen LogP contribution in [0.15, 0.2) is 36.5 Å². The molecule has 0 N–H and O–H groups in total. The SMILES string of the molecule is Cc1ccc(C(=O)N2Cc3cc(C(=O)N4CCOCC4)ccc3OC[C@@H]2C)cn1. The van der Waals surface area contributed by atoms with E-state index in [0.717, 1.165) is 11.3 Å². The van der Waals surface area contributed by atoms with Gasteiger partial charge in [-0.2, -0.15) is 0 Å². The fourth-order valence-electron chi connectivity index (χ4n) is 3.60. The third-order valence-electron chi connectivity index (χ3n) is 5.38. The van der Waals surface area contributed by atoms with Gasteiger partial charge >= 0.3 is 0 Å². The maximum Gasteiger partial charge on any atom is 0.256 e. The predicted octanol–water partition coefficient (Wildman–Crippen LogP) is 2.29. The van der Waals surface area contributed by atoms with Crippen molar-refractivity contribution in [2.24, 2.45) is 0 Å². The van der Waals surface area contributed by atoms with Crippen LogP contribution in [0.3, 0.4) is 0 Å². The molecule has 0 saturated carbocycles. The fourth-order valence-corrected chi connectivity index (χ4v) is 3.60. The van der Waals surface area contributed by atoms with E-state index in [1.54, 1.807) is 28.1 Å². The lowest BCUT2D eigenvalue weighted by Crippen LogP contribution is -2.41. The largest absolute Gasteiger partial charge is 0.491 e. The monoisotopic (exact) mass is 395 g/mol. The molecular formula is C22H25N3O4. The number of morpholine rings is 1. The van der Waals surface area contributed by atoms with Crippen LogP contribution < -0.4 is 4.74 Å². The Hall–Kier alpha value is -2.93. The topological polar surface area (TPSA) is 72.0 Å². The molecule has 0 aliphatic carbocycles. The lowest BCUT2D eigenvalue weighted by Gasteiger charge is -2.27. The molecule has 7 nitrogen and oxygen atoms in total. The Kier molecular flexibility index (Phi) is 5.49. The minimum absolute atomic E-state index is 0.0194. The van der Waals surface area contributed by atoms with Gasteiger partial charge in [-0.05, 0) is 44.2 Å². The van der Waals surface area contributed by atoms with Crippen molar-refractivity contribution >= 4 is 11.8 Å². The fraction of sp³-hybridized carbons (Fsp3) is 0.409. The van der Waals surface area contributed by atoms with Crippen LogP contribution >= 0.6 is 0 Å². The molecule has 7 heteroatoms. The number of nitrogens with zero attached hydrogens (tertiary/aromatic N) is 3. The molecule has 2 amide bonds. The highest BCUT2D eigenvalue weighted by Crippen LogP contribution is 2.28. The molecule has 3 heterocycles. The Labute approximate surface area is 170 Å². The second kappa shape index (κ2) is 8.21. The summed E-state index contributed by atoms with van der Waals surface area (Å²) in [6, 6.07) is 9.00. The summed E-state index contributed by atoms with van der Waals surface area (Å²) in [5.41, 5.74) is 2.85. The van der Waals surface area contributed by atoms with Gasteiger partial charge in [0.25, 0.3) is 11.8 Å². The second-order valence-electron chi connectivity index (χ2n) is 7.51. The van der Waals surface area contributed by atoms with Crippen LogP contribution in [-0.2, 0) is 11.3 Å². The van der Waals surface area contributed by atoms with E-state index in [1.165, 1.54) is 0 Å². The van der Waals surface area contributed by atoms with Crippen molar-refractivity contribution in [3.8, 4) is 5.75 Å². The van der Waals surface area contributed by atoms with Gasteiger partial charge in [0.1, 0.15) is 12.4 Å². The summed E-state index contributed by atoms with van der Waals surface area (Å²) in [5, 5.41) is 0. The highest BCUT2D eigenvalue weighted by Gasteiger charge is 2.28. The number of benzene rings is 1. The van der Waals surface area contributed by atoms with E-state index in [-0.39, 0.29) is 17.9 Å². The zero-order chi connectivity index (χ0) is 20.4. The van der Waals surface area contributed by atoms with Gasteiger partial charge in [-0.25, -0.2) is 0 Å². The van der Waals surface area contributed by atoms with Crippen molar-refractivity contribution in [2.75, 3.05) is 32.9 Å². The Morgan fingerprint density at radius 2 is 1.83 bits per heavy atom. The molecule has 0 spiro atoms. The van der Waals surface area contributed by atoms with E-state index >= 15 is 0 Å². The van der Waals surface area contributed by atoms with Crippen molar-refractivity contribution in [1.29, 1.82) is 0 Å². The molecule has 2 aliphatic rings. The van der Waals surface area contributed by atoms with Crippen LogP contribution in [0.4, 0.5) is 0 Å². The first-order valence-corrected chi connectivity index (χ1v) is 9.89. The van der Waals surface area contributed by atoms with Gasteiger partial charge in [0.2, 0.25) is 0 Å². The summed E-state index contributed by atoms with van der Waals surface area (Å²) >= 11 is 0. The first-order valence-electron chi connectivity index (χ1n) is 9.89. The number of carbonyl (C=O) groups excluding carboxylic acids is 2. The van der Waals surface area contributed by atoms with Crippen molar-refractivity contribution in [2.45, 2.75) is 26.4 Å². The number of aromatic nitrogens is 1. The average Bonchev–Trinajstić information content (AvgIpc) is 2.92. The number of rotatable bonds is 2. The molecule has 1 aromatic carbocycles. The van der Waals surface area contributed by atoms with Gasteiger partial charge in [-0.1, -0.05) is 0 Å². The number of fused-ring (bicyclic) bond motifs is 1. The molecule has 0 radical (unpaired) electrons. The van der Waals surface area contributed by atoms with E-state index in [2.05, 4.69) is 4.98 Å². The Bertz CT molecular complexity index is 907. The maximum absolute atomic E-state index is 13.1. The van der Waals surface area contributed by atoms with Crippen LogP contribution in [0.25, 0.3) is 0 Å². The molecule has 0 unspecified atom stereocenters. The molecule has 0 bridgehead atoms. The number of ether oxygens (including phenoxy) is 2. The first kappa shape index (κ1) is 19.4. The van der Waals surface area contributed by atoms with Gasteiger partial charge in [0, 0.05) is 36.1 Å². The summed E-state index contributed by atoms with van der Waals surface area (Å²) in [7, 11) is 0. The third kappa shape index (κ3) is 4.10. The molecular weight excluding hydrogens is 370 g/mol. The lowest BCUT2D eigenvalue weighted by atomic mass is 10.1. The van der Waals surface area contributed by atoms with Crippen molar-refractivity contribution < 1.29 is 19.1 Å². The predicted molar refractivity (Wildman–Crippen MR) is 107 cm³/mol. The van der Waals surface area contributed by atoms with Crippen LogP contribution in [-0.4, -0.2) is 65.6 Å². The molecule has 4 rings (SSSR count). The van der Waals surface area contributed by atoms with Gasteiger partial charge in [-0.3, -0.25) is 14.6 Å². The second-order valence-corrected chi connectivity index (χ2v) is 7.51. The quantitative estimate of drug-likeness (QED) is 0.780. The number of amides is 2. The number of pyridine rings is 1. The Morgan fingerprint density at radius 3 is 2.55 bits per heavy atom. The van der Waals surface area contributed by atoms with E-state index in [4.69, 9.17) is 9.47 Å². The zero-order valence-electron chi connectivity index (χ0n) is 16.8. The van der Waals surface area contributed by atoms with Gasteiger partial charge < -0.3 is 19.3 Å². The normalized spacial score (nSPS) is 19.2. The van der Waals surface area contributed by atoms with Crippen LogP contribution in [0.2, 0.25) is 0 Å². The number of aryl methyl sites for hydroxylation is 1. The van der Waals surface area contributed by atoms with Gasteiger partial charge in [0.05, 0.1) is 31.4 Å². The van der Waals surface area contributed by atoms with Crippen LogP contribution in [0.1, 0.15) is 38.9 Å². The molecule has 2 aromatic rings. The summed E-state index contributed by atoms with van der Waals surface area (Å²) in [5.74, 6) is 0.605. The molecule has 29 heavy (non-hydrogen) atoms. The van der Waals surface area contributed by atoms with E-state index in [1.807, 2.05) is 32.0 Å². The van der Waals surface area contributed by atoms with E-state index in [0.29, 0.717) is 56.3 Å². The standard InChI is InChI=1S/C22H25N3O4/c1-15-3-4-18(12-23-15)22(27)25-13-19-11-17(5-6-20(19)29-14-16(25)2)21(26)24-7-9-28-10-8-24/h3-6,11-12,16H,7-10,13-14H2,1-2H3/t16-/m0/s1. The minimum atomic E-state index is -0.102. The van der Waals surface area contributed by atoms with Crippen LogP contribution in [0, 0.1) is 6.92 Å². The van der Waals surface area contributed by atoms with Crippen molar-refractivity contribution in [3.05, 3.63) is 58.9 Å². The minimum Gasteiger partial charge on any atom is -0.491 e. The highest BCUT2D eigenvalue weighted by molar-refractivity contribution is 5.95. The summed E-state index contributed by atoms with van der Waals surface area (Å²) < 4.78 is 11.3. The van der Waals surface area contributed by atoms with Crippen LogP contribution in [0.5, 0.6) is 5.75 Å². The molecule has 1 atom stereocenters. The number of hydrogen-bond acceptors (Lipinski definition) is 5. The molecule has 152 valence electrons. The maximum atomic E-state index is 13.1. The molecule has 2 aliphatic heterocycles. The van der Waals surface area contributed by atoms with Crippen molar-refractivity contribution in [1.82, 2.24) is 14.8 Å². The third-order valence-corrected chi connectivity index (χ3v) is 5.38. The van der Waals surface area contributed by atoms with Gasteiger partial charge in [-0.15, -0.1) is 0 Å². The van der Waals surface area contributed by atoms with E-state index < -0.39 is 0 Å². The highest BCUT2D eigenvalue weighted by atomic mass is 16.5. The summed E-state index contributed by atoms with van der Waals surface area (Å²) in [6.07, 6.45) is 1.61. The van der Waals surface area contributed by atoms with E-state index in [9.17, 15) is 9.59 Å². The summed E-state index contributed by atoms with van der Waals surface area (Å²) in [4.78, 5) is 33.8. The first-order chi connectivity index (χ1) is 14.0. The molecule has 1 saturated heterocycles. The Balaban J connectivity index is 1.59. The number of carbonyl (C=O) groups is 2. The van der Waals surface area contributed by atoms with Crippen molar-refractivity contribution in [3.63, 3.8) is 0 Å². The molecule has 1 aromatic heterocycles. The molecule has 1 fully saturated rings. The van der Waals surface area contributed by atoms with Gasteiger partial charge in [0.15, 0.2) is 0 Å². The number of hydrogen-bond donors (Lipinski definition) is 0. The Morgan fingerprint density at radius 1 is 1.07 bits per heavy atom.